The van der Waals surface area contributed by atoms with E-state index in [9.17, 15) is 19.0 Å². The highest BCUT2D eigenvalue weighted by molar-refractivity contribution is 7.47. The first-order valence-corrected chi connectivity index (χ1v) is 30.5. The Kier molecular flexibility index (Phi) is 48.7. The van der Waals surface area contributed by atoms with Crippen LogP contribution < -0.4 is 5.32 Å². The maximum Gasteiger partial charge on any atom is 0.472 e. The van der Waals surface area contributed by atoms with Crippen LogP contribution in [0, 0.1) is 0 Å². The molecule has 0 aromatic heterocycles. The van der Waals surface area contributed by atoms with Gasteiger partial charge in [0.1, 0.15) is 19.3 Å². The third-order valence-electron chi connectivity index (χ3n) is 12.5. The molecule has 10 heteroatoms. The molecule has 0 spiro atoms. The van der Waals surface area contributed by atoms with Crippen LogP contribution in [-0.4, -0.2) is 74.3 Å². The molecule has 0 heterocycles. The molecule has 0 aliphatic rings. The molecule has 1 amide bonds. The third-order valence-corrected chi connectivity index (χ3v) is 13.5. The van der Waals surface area contributed by atoms with Crippen LogP contribution in [0.15, 0.2) is 85.1 Å². The van der Waals surface area contributed by atoms with Gasteiger partial charge in [0, 0.05) is 12.8 Å². The molecular weight excluding hydrogens is 904 g/mol. The number of amides is 1. The standard InChI is InChI=1S/C61H109N2O7P/c1-7-10-13-16-19-22-25-27-29-31-33-35-38-41-44-47-50-53-60(64)62-58(57-69-71(66,67)68-56-55-63(4,5)6)59(52-49-46-43-40-37-24-21-18-15-12-9-3)70-61(65)54-51-48-45-42-39-36-34-32-30-28-26-23-20-17-14-11-8-2/h10,13,16,19,22,25,27,29,31,33,35,38,49,52,58-59H,7-9,11-12,14-15,17-18,20-21,23-24,26,28,30,32,34,36-37,39-48,50-51,53-57H2,1-6H3,(H-,62,64,66,67)/p+1/b13-10-,19-16+,25-22+,29-27-,33-31+,38-35+,52-49+. The van der Waals surface area contributed by atoms with Crippen molar-refractivity contribution in [3.05, 3.63) is 85.1 Å². The normalized spacial score (nSPS) is 14.4. The second-order valence-electron chi connectivity index (χ2n) is 20.6. The molecule has 3 atom stereocenters. The van der Waals surface area contributed by atoms with Crippen LogP contribution in [0.4, 0.5) is 0 Å². The average Bonchev–Trinajstić information content (AvgIpc) is 3.33. The number of quaternary nitrogens is 1. The van der Waals surface area contributed by atoms with Gasteiger partial charge in [-0.15, -0.1) is 0 Å². The number of ether oxygens (including phenoxy) is 1. The topological polar surface area (TPSA) is 111 Å². The van der Waals surface area contributed by atoms with Gasteiger partial charge in [-0.1, -0.05) is 260 Å². The molecule has 0 saturated carbocycles. The molecule has 0 radical (unpaired) electrons. The lowest BCUT2D eigenvalue weighted by atomic mass is 10.0. The zero-order valence-electron chi connectivity index (χ0n) is 46.7. The lowest BCUT2D eigenvalue weighted by Gasteiger charge is -2.27. The molecule has 0 saturated heterocycles. The van der Waals surface area contributed by atoms with Gasteiger partial charge in [-0.05, 0) is 51.0 Å². The highest BCUT2D eigenvalue weighted by atomic mass is 31.2. The van der Waals surface area contributed by atoms with Crippen molar-refractivity contribution in [2.45, 2.75) is 251 Å². The van der Waals surface area contributed by atoms with E-state index >= 15 is 0 Å². The predicted octanol–water partition coefficient (Wildman–Crippen LogP) is 17.4. The van der Waals surface area contributed by atoms with E-state index in [1.165, 1.54) is 135 Å². The van der Waals surface area contributed by atoms with Crippen LogP contribution in [0.25, 0.3) is 0 Å². The Hall–Kier alpha value is -2.81. The summed E-state index contributed by atoms with van der Waals surface area (Å²) in [7, 11) is 1.46. The van der Waals surface area contributed by atoms with Gasteiger partial charge in [-0.3, -0.25) is 18.6 Å². The molecule has 0 fully saturated rings. The molecule has 0 aliphatic heterocycles. The van der Waals surface area contributed by atoms with E-state index in [1.807, 2.05) is 94.1 Å². The highest BCUT2D eigenvalue weighted by Crippen LogP contribution is 2.43. The van der Waals surface area contributed by atoms with Gasteiger partial charge >= 0.3 is 13.8 Å². The first kappa shape index (κ1) is 68.2. The van der Waals surface area contributed by atoms with Crippen molar-refractivity contribution in [2.75, 3.05) is 40.9 Å². The number of rotatable bonds is 51. The predicted molar refractivity (Wildman–Crippen MR) is 304 cm³/mol. The Morgan fingerprint density at radius 3 is 1.37 bits per heavy atom. The Balaban J connectivity index is 5.38. The molecule has 71 heavy (non-hydrogen) atoms. The molecule has 410 valence electrons. The number of nitrogens with zero attached hydrogens (tertiary/aromatic N) is 1. The summed E-state index contributed by atoms with van der Waals surface area (Å²) < 4.78 is 30.6. The minimum atomic E-state index is -4.46. The number of hydrogen-bond donors (Lipinski definition) is 2. The van der Waals surface area contributed by atoms with Crippen LogP contribution in [0.5, 0.6) is 0 Å². The van der Waals surface area contributed by atoms with Gasteiger partial charge in [-0.2, -0.15) is 0 Å². The van der Waals surface area contributed by atoms with Crippen molar-refractivity contribution in [2.24, 2.45) is 0 Å². The van der Waals surface area contributed by atoms with Crippen molar-refractivity contribution in [3.63, 3.8) is 0 Å². The maximum atomic E-state index is 13.5. The first-order chi connectivity index (χ1) is 34.4. The Morgan fingerprint density at radius 2 is 0.901 bits per heavy atom. The van der Waals surface area contributed by atoms with Gasteiger partial charge in [0.25, 0.3) is 0 Å². The highest BCUT2D eigenvalue weighted by Gasteiger charge is 2.30. The summed E-state index contributed by atoms with van der Waals surface area (Å²) in [5.74, 6) is -0.556. The maximum absolute atomic E-state index is 13.5. The number of phosphoric acid groups is 1. The number of likely N-dealkylation sites (N-methyl/N-ethyl adjacent to an activating group) is 1. The molecule has 0 aromatic rings. The van der Waals surface area contributed by atoms with E-state index in [1.54, 1.807) is 0 Å². The van der Waals surface area contributed by atoms with E-state index in [4.69, 9.17) is 13.8 Å². The number of carbonyl (C=O) groups is 2. The van der Waals surface area contributed by atoms with Crippen LogP contribution in [0.3, 0.4) is 0 Å². The largest absolute Gasteiger partial charge is 0.472 e. The quantitative estimate of drug-likeness (QED) is 0.0156. The number of hydrogen-bond acceptors (Lipinski definition) is 6. The molecule has 9 nitrogen and oxygen atoms in total. The van der Waals surface area contributed by atoms with Gasteiger partial charge in [0.05, 0.1) is 33.8 Å². The van der Waals surface area contributed by atoms with Crippen LogP contribution in [0.2, 0.25) is 0 Å². The fraction of sp³-hybridized carbons (Fsp3) is 0.738. The molecular formula is C61H110N2O7P+. The van der Waals surface area contributed by atoms with Crippen LogP contribution >= 0.6 is 7.82 Å². The monoisotopic (exact) mass is 1010 g/mol. The van der Waals surface area contributed by atoms with Gasteiger partial charge in [0.2, 0.25) is 5.91 Å². The van der Waals surface area contributed by atoms with E-state index in [0.717, 1.165) is 64.2 Å². The Labute approximate surface area is 437 Å². The molecule has 2 N–H and O–H groups in total. The summed E-state index contributed by atoms with van der Waals surface area (Å²) in [5, 5.41) is 3.02. The second kappa shape index (κ2) is 50.7. The zero-order chi connectivity index (χ0) is 52.2. The van der Waals surface area contributed by atoms with E-state index in [0.29, 0.717) is 17.4 Å². The summed E-state index contributed by atoms with van der Waals surface area (Å²) >= 11 is 0. The number of nitrogens with one attached hydrogen (secondary N) is 1. The summed E-state index contributed by atoms with van der Waals surface area (Å²) in [6, 6.07) is -0.873. The van der Waals surface area contributed by atoms with E-state index in [-0.39, 0.29) is 37.9 Å². The van der Waals surface area contributed by atoms with Gasteiger partial charge < -0.3 is 19.4 Å². The molecule has 0 aliphatic carbocycles. The Bertz CT molecular complexity index is 1490. The molecule has 0 rings (SSSR count). The van der Waals surface area contributed by atoms with Crippen molar-refractivity contribution in [3.8, 4) is 0 Å². The number of phosphoric ester groups is 1. The van der Waals surface area contributed by atoms with Crippen molar-refractivity contribution in [1.82, 2.24) is 5.32 Å². The second-order valence-corrected chi connectivity index (χ2v) is 22.0. The first-order valence-electron chi connectivity index (χ1n) is 29.0. The smallest absolute Gasteiger partial charge is 0.456 e. The third kappa shape index (κ3) is 51.9. The number of esters is 1. The lowest BCUT2D eigenvalue weighted by molar-refractivity contribution is -0.870. The van der Waals surface area contributed by atoms with Gasteiger partial charge in [-0.25, -0.2) is 4.57 Å². The van der Waals surface area contributed by atoms with Gasteiger partial charge in [0.15, 0.2) is 0 Å². The summed E-state index contributed by atoms with van der Waals surface area (Å²) in [5.41, 5.74) is 0. The fourth-order valence-corrected chi connectivity index (χ4v) is 8.77. The van der Waals surface area contributed by atoms with Crippen molar-refractivity contribution in [1.29, 1.82) is 0 Å². The minimum Gasteiger partial charge on any atom is -0.456 e. The van der Waals surface area contributed by atoms with Crippen LogP contribution in [0.1, 0.15) is 239 Å². The number of unbranched alkanes of at least 4 members (excludes halogenated alkanes) is 28. The minimum absolute atomic E-state index is 0.0282. The average molecular weight is 1010 g/mol. The summed E-state index contributed by atoms with van der Waals surface area (Å²) in [6.07, 6.45) is 65.8. The van der Waals surface area contributed by atoms with Crippen LogP contribution in [-0.2, 0) is 27.9 Å². The molecule has 0 bridgehead atoms. The molecule has 3 unspecified atom stereocenters. The summed E-state index contributed by atoms with van der Waals surface area (Å²) in [4.78, 5) is 37.6. The molecule has 0 aromatic carbocycles. The number of allylic oxidation sites excluding steroid dienone is 13. The van der Waals surface area contributed by atoms with Crippen molar-refractivity contribution < 1.29 is 37.3 Å². The Morgan fingerprint density at radius 1 is 0.507 bits per heavy atom. The van der Waals surface area contributed by atoms with E-state index < -0.39 is 20.0 Å². The summed E-state index contributed by atoms with van der Waals surface area (Å²) in [6.45, 7) is 6.82. The van der Waals surface area contributed by atoms with Crippen molar-refractivity contribution >= 4 is 19.7 Å². The number of carbonyl (C=O) groups excluding carboxylic acids is 2. The fourth-order valence-electron chi connectivity index (χ4n) is 8.03. The van der Waals surface area contributed by atoms with E-state index in [2.05, 4.69) is 38.2 Å². The SMILES string of the molecule is CC\C=C/C=C/C=C/C=C\C=C\C=C\CCCCCC(=O)NC(COP(=O)(O)OCC[N+](C)(C)C)C(/C=C/CCCCCCCCCCC)OC(=O)CCCCCCCCCCCCCCCCCCC. The lowest BCUT2D eigenvalue weighted by Crippen LogP contribution is -2.47. The zero-order valence-corrected chi connectivity index (χ0v) is 47.6.